The minimum atomic E-state index is 0. The third-order valence-corrected chi connectivity index (χ3v) is 4.16. The van der Waals surface area contributed by atoms with Crippen molar-refractivity contribution in [2.45, 2.75) is 32.9 Å². The van der Waals surface area contributed by atoms with Crippen molar-refractivity contribution in [1.29, 1.82) is 0 Å². The number of aryl methyl sites for hydroxylation is 2. The fraction of sp³-hybridized carbons (Fsp3) is 0.357. The maximum absolute atomic E-state index is 4.31. The van der Waals surface area contributed by atoms with E-state index in [4.69, 9.17) is 0 Å². The van der Waals surface area contributed by atoms with E-state index in [0.717, 1.165) is 37.6 Å². The predicted octanol–water partition coefficient (Wildman–Crippen LogP) is 1.70. The molecule has 0 aliphatic carbocycles. The van der Waals surface area contributed by atoms with E-state index in [1.807, 2.05) is 25.6 Å². The number of hydrogen-bond acceptors (Lipinski definition) is 4. The zero-order valence-electron chi connectivity index (χ0n) is 11.9. The van der Waals surface area contributed by atoms with Gasteiger partial charge in [-0.3, -0.25) is 0 Å². The van der Waals surface area contributed by atoms with Crippen molar-refractivity contribution in [3.05, 3.63) is 52.8 Å². The lowest BCUT2D eigenvalue weighted by molar-refractivity contribution is 0.543. The van der Waals surface area contributed by atoms with E-state index in [-0.39, 0.29) is 5.48 Å². The number of aromatic nitrogens is 5. The molecule has 0 atom stereocenters. The molecule has 3 rings (SSSR count). The van der Waals surface area contributed by atoms with Crippen LogP contribution in [0.25, 0.3) is 0 Å². The molecule has 0 radical (unpaired) electrons. The first kappa shape index (κ1) is 15.4. The highest BCUT2D eigenvalue weighted by molar-refractivity contribution is 7.09. The smallest absolute Gasteiger partial charge is 0.138 e. The summed E-state index contributed by atoms with van der Waals surface area (Å²) in [5.41, 5.74) is 0. The first-order valence-electron chi connectivity index (χ1n) is 6.70. The highest BCUT2D eigenvalue weighted by atomic mass is 32.1. The van der Waals surface area contributed by atoms with Crippen molar-refractivity contribution in [3.63, 3.8) is 0 Å². The van der Waals surface area contributed by atoms with Crippen LogP contribution < -0.4 is 0 Å². The molecule has 3 aromatic heterocycles. The highest BCUT2D eigenvalue weighted by Gasteiger charge is 2.09. The highest BCUT2D eigenvalue weighted by Crippen LogP contribution is 2.14. The molecule has 6 nitrogen and oxygen atoms in total. The third kappa shape index (κ3) is 3.77. The van der Waals surface area contributed by atoms with Gasteiger partial charge in [-0.2, -0.15) is 0 Å². The Bertz CT molecular complexity index is 645. The van der Waals surface area contributed by atoms with Crippen molar-refractivity contribution in [3.8, 4) is 0 Å². The van der Waals surface area contributed by atoms with Gasteiger partial charge < -0.3 is 14.6 Å². The Balaban J connectivity index is 0.00000161. The molecule has 0 fully saturated rings. The van der Waals surface area contributed by atoms with E-state index in [2.05, 4.69) is 41.8 Å². The number of nitrogens with zero attached hydrogens (tertiary/aromatic N) is 5. The molecule has 0 unspecified atom stereocenters. The summed E-state index contributed by atoms with van der Waals surface area (Å²) in [5.74, 6) is 2.04. The van der Waals surface area contributed by atoms with E-state index in [9.17, 15) is 0 Å². The molecule has 0 aromatic carbocycles. The molecule has 0 aliphatic rings. The fourth-order valence-electron chi connectivity index (χ4n) is 2.25. The maximum Gasteiger partial charge on any atom is 0.138 e. The zero-order valence-corrected chi connectivity index (χ0v) is 12.8. The maximum atomic E-state index is 4.31. The molecule has 3 aromatic rings. The van der Waals surface area contributed by atoms with Gasteiger partial charge in [-0.05, 0) is 24.8 Å². The second kappa shape index (κ2) is 7.14. The summed E-state index contributed by atoms with van der Waals surface area (Å²) in [7, 11) is 0. The van der Waals surface area contributed by atoms with Crippen LogP contribution in [0, 0.1) is 6.92 Å². The Morgan fingerprint density at radius 3 is 2.86 bits per heavy atom. The summed E-state index contributed by atoms with van der Waals surface area (Å²) in [6.45, 7) is 3.93. The van der Waals surface area contributed by atoms with Gasteiger partial charge in [0.15, 0.2) is 0 Å². The quantitative estimate of drug-likeness (QED) is 0.695. The Morgan fingerprint density at radius 2 is 2.14 bits per heavy atom. The summed E-state index contributed by atoms with van der Waals surface area (Å²) in [6, 6.07) is 4.22. The van der Waals surface area contributed by atoms with Crippen LogP contribution in [-0.4, -0.2) is 29.8 Å². The van der Waals surface area contributed by atoms with Gasteiger partial charge in [0.05, 0.1) is 6.33 Å². The molecule has 0 aliphatic heterocycles. The summed E-state index contributed by atoms with van der Waals surface area (Å²) in [6.07, 6.45) is 7.57. The van der Waals surface area contributed by atoms with Gasteiger partial charge in [0.1, 0.15) is 11.6 Å². The van der Waals surface area contributed by atoms with Crippen LogP contribution in [0.2, 0.25) is 0 Å². The summed E-state index contributed by atoms with van der Waals surface area (Å²) < 4.78 is 4.31. The van der Waals surface area contributed by atoms with E-state index in [0.29, 0.717) is 0 Å². The molecule has 0 spiro atoms. The van der Waals surface area contributed by atoms with Crippen LogP contribution in [0.15, 0.2) is 36.2 Å². The van der Waals surface area contributed by atoms with Gasteiger partial charge in [0.25, 0.3) is 0 Å². The number of imidazole rings is 1. The second-order valence-corrected chi connectivity index (χ2v) is 5.76. The van der Waals surface area contributed by atoms with E-state index in [1.165, 1.54) is 4.88 Å². The summed E-state index contributed by atoms with van der Waals surface area (Å²) in [5, 5.41) is 10.6. The minimum Gasteiger partial charge on any atom is -0.412 e. The molecular weight excluding hydrogens is 286 g/mol. The zero-order chi connectivity index (χ0) is 13.8. The number of thiophene rings is 1. The molecule has 3 heterocycles. The minimum absolute atomic E-state index is 0. The van der Waals surface area contributed by atoms with Crippen molar-refractivity contribution < 1.29 is 5.48 Å². The molecule has 0 amide bonds. The van der Waals surface area contributed by atoms with Crippen LogP contribution in [0.5, 0.6) is 0 Å². The van der Waals surface area contributed by atoms with Crippen LogP contribution in [0.4, 0.5) is 0 Å². The molecule has 7 heteroatoms. The summed E-state index contributed by atoms with van der Waals surface area (Å²) >= 11 is 1.76. The lowest BCUT2D eigenvalue weighted by Gasteiger charge is -2.08. The number of rotatable bonds is 6. The molecular formula is C14H19N5OS. The largest absolute Gasteiger partial charge is 0.412 e. The Kier molecular flexibility index (Phi) is 5.24. The Hall–Kier alpha value is -1.99. The van der Waals surface area contributed by atoms with E-state index >= 15 is 0 Å². The van der Waals surface area contributed by atoms with Crippen molar-refractivity contribution in [2.75, 3.05) is 0 Å². The van der Waals surface area contributed by atoms with Gasteiger partial charge in [-0.25, -0.2) is 4.98 Å². The van der Waals surface area contributed by atoms with Crippen LogP contribution in [0.3, 0.4) is 0 Å². The van der Waals surface area contributed by atoms with Crippen LogP contribution in [0.1, 0.15) is 22.9 Å². The molecule has 2 N–H and O–H groups in total. The lowest BCUT2D eigenvalue weighted by atomic mass is 10.3. The molecule has 21 heavy (non-hydrogen) atoms. The third-order valence-electron chi connectivity index (χ3n) is 3.28. The molecule has 112 valence electrons. The van der Waals surface area contributed by atoms with E-state index in [1.54, 1.807) is 11.3 Å². The van der Waals surface area contributed by atoms with Gasteiger partial charge in [-0.1, -0.05) is 6.07 Å². The van der Waals surface area contributed by atoms with Gasteiger partial charge >= 0.3 is 0 Å². The first-order valence-corrected chi connectivity index (χ1v) is 7.57. The first-order chi connectivity index (χ1) is 9.83. The lowest BCUT2D eigenvalue weighted by Crippen LogP contribution is -2.08. The normalized spacial score (nSPS) is 10.5. The average molecular weight is 305 g/mol. The standard InChI is InChI=1S/C14H17N5S.H2O/c1-12-16-17-14(10-13-4-2-9-20-13)19(12)7-3-6-18-8-5-15-11-18;/h2,4-5,8-9,11H,3,6-7,10H2,1H3;1H2. The predicted molar refractivity (Wildman–Crippen MR) is 82.3 cm³/mol. The van der Waals surface area contributed by atoms with Crippen molar-refractivity contribution in [2.24, 2.45) is 0 Å². The van der Waals surface area contributed by atoms with Gasteiger partial charge in [-0.15, -0.1) is 21.5 Å². The average Bonchev–Trinajstić information content (AvgIpc) is 3.16. The second-order valence-electron chi connectivity index (χ2n) is 4.73. The van der Waals surface area contributed by atoms with E-state index < -0.39 is 0 Å². The number of hydrogen-bond donors (Lipinski definition) is 0. The van der Waals surface area contributed by atoms with Crippen LogP contribution >= 0.6 is 11.3 Å². The topological polar surface area (TPSA) is 80.0 Å². The molecule has 0 saturated heterocycles. The van der Waals surface area contributed by atoms with Gasteiger partial charge in [0, 0.05) is 36.8 Å². The Morgan fingerprint density at radius 1 is 1.24 bits per heavy atom. The van der Waals surface area contributed by atoms with Crippen molar-refractivity contribution in [1.82, 2.24) is 24.3 Å². The van der Waals surface area contributed by atoms with Crippen molar-refractivity contribution >= 4 is 11.3 Å². The fourth-order valence-corrected chi connectivity index (χ4v) is 2.95. The van der Waals surface area contributed by atoms with Crippen LogP contribution in [-0.2, 0) is 19.5 Å². The summed E-state index contributed by atoms with van der Waals surface area (Å²) in [4.78, 5) is 5.38. The Labute approximate surface area is 127 Å². The molecule has 0 bridgehead atoms. The SMILES string of the molecule is Cc1nnc(Cc2cccs2)n1CCCn1ccnc1.O. The molecule has 0 saturated carbocycles. The monoisotopic (exact) mass is 305 g/mol. The van der Waals surface area contributed by atoms with Gasteiger partial charge in [0.2, 0.25) is 0 Å².